The van der Waals surface area contributed by atoms with Crippen LogP contribution in [-0.2, 0) is 26.2 Å². The minimum atomic E-state index is -3.94. The number of ether oxygens (including phenoxy) is 2. The third kappa shape index (κ3) is 7.16. The van der Waals surface area contributed by atoms with Gasteiger partial charge in [-0.1, -0.05) is 36.2 Å². The third-order valence-corrected chi connectivity index (χ3v) is 7.04. The van der Waals surface area contributed by atoms with Crippen molar-refractivity contribution in [3.8, 4) is 11.5 Å². The Morgan fingerprint density at radius 1 is 1.09 bits per heavy atom. The molecule has 35 heavy (non-hydrogen) atoms. The number of carbonyl (C=O) groups excluding carboxylic acids is 2. The number of carbonyl (C=O) groups is 2. The number of rotatable bonds is 11. The predicted octanol–water partition coefficient (Wildman–Crippen LogP) is 3.33. The van der Waals surface area contributed by atoms with E-state index in [1.165, 1.54) is 38.3 Å². The van der Waals surface area contributed by atoms with Crippen LogP contribution in [0.3, 0.4) is 0 Å². The van der Waals surface area contributed by atoms with Crippen molar-refractivity contribution in [2.45, 2.75) is 25.9 Å². The second-order valence-corrected chi connectivity index (χ2v) is 10.4. The van der Waals surface area contributed by atoms with Gasteiger partial charge in [0, 0.05) is 29.7 Å². The second-order valence-electron chi connectivity index (χ2n) is 7.60. The molecule has 2 aromatic carbocycles. The Morgan fingerprint density at radius 2 is 1.77 bits per heavy atom. The van der Waals surface area contributed by atoms with Gasteiger partial charge >= 0.3 is 0 Å². The molecule has 0 fully saturated rings. The van der Waals surface area contributed by atoms with E-state index in [1.54, 1.807) is 31.2 Å². The largest absolute Gasteiger partial charge is 0.497 e. The topological polar surface area (TPSA) is 105 Å². The number of hydrogen-bond acceptors (Lipinski definition) is 6. The molecule has 0 aliphatic carbocycles. The molecule has 0 unspecified atom stereocenters. The highest BCUT2D eigenvalue weighted by atomic mass is 35.5. The van der Waals surface area contributed by atoms with Gasteiger partial charge in [0.05, 0.1) is 26.2 Å². The van der Waals surface area contributed by atoms with Crippen LogP contribution in [0.2, 0.25) is 10.0 Å². The molecular weight excluding hydrogens is 517 g/mol. The van der Waals surface area contributed by atoms with Gasteiger partial charge in [-0.3, -0.25) is 13.9 Å². The van der Waals surface area contributed by atoms with Crippen LogP contribution in [0.15, 0.2) is 36.4 Å². The summed E-state index contributed by atoms with van der Waals surface area (Å²) < 4.78 is 37.0. The number of amides is 2. The van der Waals surface area contributed by atoms with Gasteiger partial charge in [0.2, 0.25) is 21.8 Å². The Morgan fingerprint density at radius 3 is 2.29 bits per heavy atom. The lowest BCUT2D eigenvalue weighted by atomic mass is 10.1. The van der Waals surface area contributed by atoms with Gasteiger partial charge in [-0.15, -0.1) is 0 Å². The first kappa shape index (κ1) is 28.5. The normalized spacial score (nSPS) is 12.0. The molecule has 0 aromatic heterocycles. The van der Waals surface area contributed by atoms with Crippen molar-refractivity contribution >= 4 is 50.7 Å². The number of sulfonamides is 1. The molecule has 0 radical (unpaired) electrons. The van der Waals surface area contributed by atoms with E-state index < -0.39 is 34.4 Å². The SMILES string of the molecule is CC[C@@H](C(=O)NC)N(Cc1ccc(Cl)cc1Cl)C(=O)CN(c1cc(OC)ccc1OC)S(C)(=O)=O. The van der Waals surface area contributed by atoms with E-state index in [1.807, 2.05) is 0 Å². The molecule has 2 rings (SSSR count). The molecule has 0 bridgehead atoms. The maximum Gasteiger partial charge on any atom is 0.244 e. The van der Waals surface area contributed by atoms with E-state index in [0.717, 1.165) is 10.6 Å². The van der Waals surface area contributed by atoms with Gasteiger partial charge in [-0.25, -0.2) is 8.42 Å². The summed E-state index contributed by atoms with van der Waals surface area (Å²) in [6.45, 7) is 1.14. The second kappa shape index (κ2) is 12.3. The van der Waals surface area contributed by atoms with Crippen molar-refractivity contribution in [3.05, 3.63) is 52.0 Å². The molecule has 0 saturated heterocycles. The molecule has 0 saturated carbocycles. The summed E-state index contributed by atoms with van der Waals surface area (Å²) in [5.41, 5.74) is 0.678. The Labute approximate surface area is 215 Å². The van der Waals surface area contributed by atoms with Crippen LogP contribution in [-0.4, -0.2) is 65.2 Å². The Balaban J connectivity index is 2.55. The van der Waals surface area contributed by atoms with E-state index >= 15 is 0 Å². The maximum absolute atomic E-state index is 13.6. The van der Waals surface area contributed by atoms with Crippen LogP contribution < -0.4 is 19.1 Å². The van der Waals surface area contributed by atoms with Crippen LogP contribution in [0.4, 0.5) is 5.69 Å². The lowest BCUT2D eigenvalue weighted by Gasteiger charge is -2.33. The maximum atomic E-state index is 13.6. The highest BCUT2D eigenvalue weighted by Gasteiger charge is 2.32. The van der Waals surface area contributed by atoms with Crippen molar-refractivity contribution in [3.63, 3.8) is 0 Å². The van der Waals surface area contributed by atoms with Crippen molar-refractivity contribution in [2.24, 2.45) is 0 Å². The Hall–Kier alpha value is -2.69. The quantitative estimate of drug-likeness (QED) is 0.464. The standard InChI is InChI=1S/C23H29Cl2N3O6S/c1-6-19(23(30)26-2)27(13-15-7-8-16(24)11-18(15)25)22(29)14-28(35(5,31)32)20-12-17(33-3)9-10-21(20)34-4/h7-12,19H,6,13-14H2,1-5H3,(H,26,30)/t19-/m0/s1. The van der Waals surface area contributed by atoms with Crippen LogP contribution in [0.5, 0.6) is 11.5 Å². The summed E-state index contributed by atoms with van der Waals surface area (Å²) in [4.78, 5) is 27.6. The highest BCUT2D eigenvalue weighted by molar-refractivity contribution is 7.92. The van der Waals surface area contributed by atoms with E-state index in [4.69, 9.17) is 32.7 Å². The van der Waals surface area contributed by atoms with E-state index in [-0.39, 0.29) is 24.4 Å². The predicted molar refractivity (Wildman–Crippen MR) is 137 cm³/mol. The first-order valence-corrected chi connectivity index (χ1v) is 13.2. The van der Waals surface area contributed by atoms with E-state index in [9.17, 15) is 18.0 Å². The van der Waals surface area contributed by atoms with E-state index in [2.05, 4.69) is 5.32 Å². The zero-order valence-corrected chi connectivity index (χ0v) is 22.5. The van der Waals surface area contributed by atoms with Crippen molar-refractivity contribution in [2.75, 3.05) is 38.4 Å². The fourth-order valence-electron chi connectivity index (χ4n) is 3.51. The number of nitrogens with zero attached hydrogens (tertiary/aromatic N) is 2. The average molecular weight is 546 g/mol. The number of nitrogens with one attached hydrogen (secondary N) is 1. The Bertz CT molecular complexity index is 1180. The van der Waals surface area contributed by atoms with Crippen LogP contribution in [0, 0.1) is 0 Å². The molecule has 0 heterocycles. The molecule has 1 N–H and O–H groups in total. The Kier molecular flexibility index (Phi) is 10.1. The smallest absolute Gasteiger partial charge is 0.244 e. The zero-order chi connectivity index (χ0) is 26.3. The van der Waals surface area contributed by atoms with Crippen molar-refractivity contribution in [1.82, 2.24) is 10.2 Å². The van der Waals surface area contributed by atoms with Crippen molar-refractivity contribution < 1.29 is 27.5 Å². The van der Waals surface area contributed by atoms with Crippen LogP contribution >= 0.6 is 23.2 Å². The van der Waals surface area contributed by atoms with Crippen LogP contribution in [0.1, 0.15) is 18.9 Å². The number of benzene rings is 2. The fourth-order valence-corrected chi connectivity index (χ4v) is 4.82. The van der Waals surface area contributed by atoms with E-state index in [0.29, 0.717) is 21.4 Å². The number of likely N-dealkylation sites (N-methyl/N-ethyl adjacent to an activating group) is 1. The molecule has 1 atom stereocenters. The van der Waals surface area contributed by atoms with Gasteiger partial charge in [0.15, 0.2) is 0 Å². The molecular formula is C23H29Cl2N3O6S. The molecule has 192 valence electrons. The minimum Gasteiger partial charge on any atom is -0.497 e. The summed E-state index contributed by atoms with van der Waals surface area (Å²) in [6.07, 6.45) is 1.27. The van der Waals surface area contributed by atoms with Crippen molar-refractivity contribution in [1.29, 1.82) is 0 Å². The number of anilines is 1. The first-order chi connectivity index (χ1) is 16.5. The summed E-state index contributed by atoms with van der Waals surface area (Å²) in [6, 6.07) is 8.56. The summed E-state index contributed by atoms with van der Waals surface area (Å²) in [5, 5.41) is 3.29. The number of halogens is 2. The molecule has 9 nitrogen and oxygen atoms in total. The number of methoxy groups -OCH3 is 2. The number of hydrogen-bond donors (Lipinski definition) is 1. The lowest BCUT2D eigenvalue weighted by molar-refractivity contribution is -0.140. The summed E-state index contributed by atoms with van der Waals surface area (Å²) >= 11 is 12.3. The fraction of sp³-hybridized carbons (Fsp3) is 0.391. The van der Waals surface area contributed by atoms with Crippen LogP contribution in [0.25, 0.3) is 0 Å². The molecule has 0 spiro atoms. The molecule has 0 aliphatic heterocycles. The monoisotopic (exact) mass is 545 g/mol. The zero-order valence-electron chi connectivity index (χ0n) is 20.2. The third-order valence-electron chi connectivity index (χ3n) is 5.32. The summed E-state index contributed by atoms with van der Waals surface area (Å²) in [5.74, 6) is -0.393. The average Bonchev–Trinajstić information content (AvgIpc) is 2.82. The summed E-state index contributed by atoms with van der Waals surface area (Å²) in [7, 11) is 0.351. The molecule has 12 heteroatoms. The first-order valence-electron chi connectivity index (χ1n) is 10.6. The van der Waals surface area contributed by atoms with Gasteiger partial charge in [0.25, 0.3) is 0 Å². The molecule has 2 amide bonds. The lowest BCUT2D eigenvalue weighted by Crippen LogP contribution is -2.51. The highest BCUT2D eigenvalue weighted by Crippen LogP contribution is 2.34. The van der Waals surface area contributed by atoms with Gasteiger partial charge in [0.1, 0.15) is 24.1 Å². The minimum absolute atomic E-state index is 0.0341. The van der Waals surface area contributed by atoms with Gasteiger partial charge in [-0.05, 0) is 36.2 Å². The van der Waals surface area contributed by atoms with Gasteiger partial charge in [-0.2, -0.15) is 0 Å². The van der Waals surface area contributed by atoms with Gasteiger partial charge < -0.3 is 19.7 Å². The molecule has 2 aromatic rings. The molecule has 0 aliphatic rings.